The number of nitro benzene ring substituents is 1. The molecule has 0 aromatic heterocycles. The summed E-state index contributed by atoms with van der Waals surface area (Å²) in [6, 6.07) is 11.2. The summed E-state index contributed by atoms with van der Waals surface area (Å²) in [4.78, 5) is 51.2. The molecule has 2 saturated heterocycles. The smallest absolute Gasteiger partial charge is 0.450 e. The van der Waals surface area contributed by atoms with Crippen molar-refractivity contribution in [1.82, 2.24) is 0 Å². The molecule has 4 N–H and O–H groups in total. The number of hydrogen-bond donors (Lipinski definition) is 4. The van der Waals surface area contributed by atoms with E-state index in [1.54, 1.807) is 31.2 Å². The van der Waals surface area contributed by atoms with Gasteiger partial charge in [0.1, 0.15) is 29.3 Å². The van der Waals surface area contributed by atoms with Crippen molar-refractivity contribution in [3.63, 3.8) is 0 Å². The molecule has 2 aromatic carbocycles. The Morgan fingerprint density at radius 3 is 2.27 bits per heavy atom. The van der Waals surface area contributed by atoms with E-state index in [-0.39, 0.29) is 52.7 Å². The predicted octanol–water partition coefficient (Wildman–Crippen LogP) is 7.16. The topological polar surface area (TPSA) is 240 Å². The van der Waals surface area contributed by atoms with Gasteiger partial charge in [0.05, 0.1) is 42.0 Å². The van der Waals surface area contributed by atoms with Crippen LogP contribution in [0.4, 0.5) is 10.5 Å². The van der Waals surface area contributed by atoms with E-state index in [0.717, 1.165) is 43.4 Å². The number of aliphatic hydroxyl groups is 4. The first-order valence-electron chi connectivity index (χ1n) is 25.1. The van der Waals surface area contributed by atoms with Crippen molar-refractivity contribution < 1.29 is 72.9 Å². The Bertz CT molecular complexity index is 2250. The van der Waals surface area contributed by atoms with E-state index < -0.39 is 95.7 Å². The summed E-state index contributed by atoms with van der Waals surface area (Å²) in [5.74, 6) is -1.59. The molecule has 3 saturated carbocycles. The van der Waals surface area contributed by atoms with Crippen molar-refractivity contribution in [2.75, 3.05) is 13.2 Å². The Morgan fingerprint density at radius 2 is 1.59 bits per heavy atom. The number of Topliss-reactive ketones (excluding diaryl/α,β-unsaturated/α-hetero) is 1. The molecule has 17 heteroatoms. The van der Waals surface area contributed by atoms with Crippen LogP contribution in [0.15, 0.2) is 60.2 Å². The highest BCUT2D eigenvalue weighted by atomic mass is 16.8. The number of rotatable bonds is 14. The van der Waals surface area contributed by atoms with Crippen LogP contribution in [0.5, 0.6) is 5.75 Å². The number of esters is 1. The number of allylic oxidation sites excluding steroid dienone is 1. The monoisotopic (exact) mass is 977 g/mol. The number of aryl methyl sites for hydroxylation is 1. The second kappa shape index (κ2) is 20.7. The molecule has 2 aromatic rings. The fraction of sp³-hybridized carbons (Fsp3) is 0.679. The number of nitrogens with zero attached hydrogens (tertiary/aromatic N) is 1. The van der Waals surface area contributed by atoms with Crippen molar-refractivity contribution in [3.05, 3.63) is 81.4 Å². The molecule has 0 radical (unpaired) electrons. The van der Waals surface area contributed by atoms with Gasteiger partial charge in [0.25, 0.3) is 5.69 Å². The van der Waals surface area contributed by atoms with Crippen LogP contribution in [-0.4, -0.2) is 117 Å². The van der Waals surface area contributed by atoms with Crippen LogP contribution in [0.1, 0.15) is 115 Å². The summed E-state index contributed by atoms with van der Waals surface area (Å²) < 4.78 is 42.2. The number of ketones is 1. The molecule has 17 nitrogen and oxygen atoms in total. The van der Waals surface area contributed by atoms with Gasteiger partial charge in [-0.05, 0) is 112 Å². The van der Waals surface area contributed by atoms with Gasteiger partial charge in [-0.3, -0.25) is 14.9 Å². The highest BCUT2D eigenvalue weighted by molar-refractivity contribution is 5.89. The largest absolute Gasteiger partial charge is 0.514 e. The van der Waals surface area contributed by atoms with E-state index in [9.17, 15) is 44.9 Å². The van der Waals surface area contributed by atoms with Crippen molar-refractivity contribution in [1.29, 1.82) is 0 Å². The molecule has 8 rings (SSSR count). The van der Waals surface area contributed by atoms with E-state index in [1.165, 1.54) is 17.7 Å². The first kappa shape index (κ1) is 52.0. The summed E-state index contributed by atoms with van der Waals surface area (Å²) in [6.07, 6.45) is -3.65. The highest BCUT2D eigenvalue weighted by Crippen LogP contribution is 2.69. The van der Waals surface area contributed by atoms with Gasteiger partial charge in [0.15, 0.2) is 24.8 Å². The van der Waals surface area contributed by atoms with E-state index >= 15 is 0 Å². The highest BCUT2D eigenvalue weighted by Gasteiger charge is 2.70. The molecule has 5 fully saturated rings. The fourth-order valence-electron chi connectivity index (χ4n) is 13.0. The maximum atomic E-state index is 14.2. The standard InChI is InChI=1S/C53H71NO16/c1-28(2)8-19-40(56)31(5)53(61)43(25-39-37-18-13-33-24-35(55)20-22-51(33,6)38(37)21-23-52(39,53)7)68-48-30(4)45(41(57)26-64-48)70-49-46(69-47(59)32-11-9-29(3)10-12-32)44(58)42(27-65-49)67-50(60)66-36-16-14-34(15-17-36)54(62)63/h9-17,28,30-31,35,37-39,41-46,48-49,55,57-58,61H,8,18-27H2,1-7H3/t30?,31-,35+,37-,38?,39+,41?,42?,43+,44?,45?,46?,48?,49?,51+,52+,53-/m1/s1. The Balaban J connectivity index is 1.03. The van der Waals surface area contributed by atoms with Gasteiger partial charge in [0, 0.05) is 35.8 Å². The van der Waals surface area contributed by atoms with Crippen LogP contribution in [0.3, 0.4) is 0 Å². The van der Waals surface area contributed by atoms with Crippen LogP contribution < -0.4 is 4.74 Å². The lowest BCUT2D eigenvalue weighted by atomic mass is 9.46. The number of ether oxygens (including phenoxy) is 7. The van der Waals surface area contributed by atoms with Gasteiger partial charge in [-0.15, -0.1) is 0 Å². The molecule has 0 spiro atoms. The number of carbonyl (C=O) groups is 3. The van der Waals surface area contributed by atoms with E-state index in [1.807, 2.05) is 13.8 Å². The predicted molar refractivity (Wildman–Crippen MR) is 251 cm³/mol. The van der Waals surface area contributed by atoms with Crippen LogP contribution in [0.2, 0.25) is 0 Å². The molecule has 17 atom stereocenters. The maximum Gasteiger partial charge on any atom is 0.514 e. The van der Waals surface area contributed by atoms with Crippen LogP contribution in [0, 0.1) is 63.4 Å². The van der Waals surface area contributed by atoms with Gasteiger partial charge >= 0.3 is 12.1 Å². The first-order chi connectivity index (χ1) is 33.1. The summed E-state index contributed by atoms with van der Waals surface area (Å²) in [5, 5.41) is 58.5. The average molecular weight is 978 g/mol. The summed E-state index contributed by atoms with van der Waals surface area (Å²) in [5.41, 5.74) is -0.189. The van der Waals surface area contributed by atoms with Gasteiger partial charge in [-0.1, -0.05) is 70.9 Å². The van der Waals surface area contributed by atoms with Gasteiger partial charge in [-0.25, -0.2) is 9.59 Å². The number of fused-ring (bicyclic) bond motifs is 5. The van der Waals surface area contributed by atoms with Crippen LogP contribution in [-0.2, 0) is 33.2 Å². The van der Waals surface area contributed by atoms with Gasteiger partial charge in [-0.2, -0.15) is 0 Å². The molecule has 6 aliphatic rings. The lowest BCUT2D eigenvalue weighted by Gasteiger charge is -2.59. The van der Waals surface area contributed by atoms with Gasteiger partial charge < -0.3 is 53.6 Å². The maximum absolute atomic E-state index is 14.2. The van der Waals surface area contributed by atoms with Gasteiger partial charge in [0.2, 0.25) is 0 Å². The number of non-ortho nitro benzene ring substituents is 1. The fourth-order valence-corrected chi connectivity index (χ4v) is 13.0. The zero-order chi connectivity index (χ0) is 50.4. The number of aliphatic hydroxyl groups excluding tert-OH is 3. The molecule has 384 valence electrons. The molecular formula is C53H71NO16. The third-order valence-electron chi connectivity index (χ3n) is 17.2. The zero-order valence-corrected chi connectivity index (χ0v) is 41.3. The van der Waals surface area contributed by atoms with E-state index in [2.05, 4.69) is 33.8 Å². The van der Waals surface area contributed by atoms with Crippen molar-refractivity contribution in [2.45, 2.75) is 167 Å². The zero-order valence-electron chi connectivity index (χ0n) is 41.3. The summed E-state index contributed by atoms with van der Waals surface area (Å²) in [6.45, 7) is 13.4. The Morgan fingerprint density at radius 1 is 0.886 bits per heavy atom. The SMILES string of the molecule is Cc1ccc(C(=O)OC2C(OC3C(O)COC(O[C@H]4C[C@H]5[C@@H]6CC=C7C[C@@H](O)CC[C@]7(C)C6CC[C@]5(C)[C@@]4(O)[C@H](C)C(=O)CCC(C)C)C3C)OCC(OC(=O)Oc3ccc([N+](=O)[O-])cc3)C2O)cc1. The third-order valence-corrected chi connectivity index (χ3v) is 17.2. The normalized spacial score (nSPS) is 38.6. The van der Waals surface area contributed by atoms with Crippen molar-refractivity contribution in [2.24, 2.45) is 46.3 Å². The molecule has 9 unspecified atom stereocenters. The Labute approximate surface area is 409 Å². The molecule has 0 bridgehead atoms. The first-order valence-corrected chi connectivity index (χ1v) is 25.1. The Kier molecular flexibility index (Phi) is 15.3. The van der Waals surface area contributed by atoms with E-state index in [4.69, 9.17) is 33.2 Å². The lowest BCUT2D eigenvalue weighted by molar-refractivity contribution is -0.384. The summed E-state index contributed by atoms with van der Waals surface area (Å²) in [7, 11) is 0. The van der Waals surface area contributed by atoms with Crippen LogP contribution >= 0.6 is 0 Å². The minimum Gasteiger partial charge on any atom is -0.450 e. The average Bonchev–Trinajstić information content (AvgIpc) is 3.55. The molecule has 2 heterocycles. The minimum absolute atomic E-state index is 0.00212. The summed E-state index contributed by atoms with van der Waals surface area (Å²) >= 11 is 0. The Hall–Kier alpha value is -4.33. The molecule has 4 aliphatic carbocycles. The quantitative estimate of drug-likeness (QED) is 0.0483. The number of carbonyl (C=O) groups excluding carboxylic acids is 3. The molecule has 2 aliphatic heterocycles. The molecule has 70 heavy (non-hydrogen) atoms. The number of hydrogen-bond acceptors (Lipinski definition) is 16. The van der Waals surface area contributed by atoms with Crippen molar-refractivity contribution >= 4 is 23.6 Å². The third kappa shape index (κ3) is 9.93. The van der Waals surface area contributed by atoms with Crippen LogP contribution in [0.25, 0.3) is 0 Å². The van der Waals surface area contributed by atoms with E-state index in [0.29, 0.717) is 43.9 Å². The second-order valence-electron chi connectivity index (χ2n) is 21.8. The number of benzene rings is 2. The molecule has 0 amide bonds. The minimum atomic E-state index is -1.74. The molecular weight excluding hydrogens is 907 g/mol. The second-order valence-corrected chi connectivity index (χ2v) is 21.8. The lowest BCUT2D eigenvalue weighted by Crippen LogP contribution is -2.62. The number of nitro groups is 1. The van der Waals surface area contributed by atoms with Crippen molar-refractivity contribution in [3.8, 4) is 5.75 Å².